The van der Waals surface area contributed by atoms with Crippen molar-refractivity contribution < 1.29 is 19.5 Å². The highest BCUT2D eigenvalue weighted by Gasteiger charge is 2.20. The summed E-state index contributed by atoms with van der Waals surface area (Å²) in [5, 5.41) is 8.66. The van der Waals surface area contributed by atoms with E-state index >= 15 is 0 Å². The predicted molar refractivity (Wildman–Crippen MR) is 46.3 cm³/mol. The summed E-state index contributed by atoms with van der Waals surface area (Å²) < 4.78 is 0. The summed E-state index contributed by atoms with van der Waals surface area (Å²) in [4.78, 5) is 32.5. The number of carboxylic acid groups (broad SMARTS) is 1. The number of rotatable bonds is 4. The second-order valence-corrected chi connectivity index (χ2v) is 2.62. The third-order valence-electron chi connectivity index (χ3n) is 1.65. The first-order valence-electron chi connectivity index (χ1n) is 3.90. The first-order chi connectivity index (χ1) is 5.91. The Bertz CT molecular complexity index is 270. The molecule has 0 rings (SSSR count). The number of hydrogen-bond donors (Lipinski definition) is 1. The Morgan fingerprint density at radius 2 is 1.54 bits per heavy atom. The van der Waals surface area contributed by atoms with E-state index in [0.29, 0.717) is 0 Å². The average Bonchev–Trinajstić information content (AvgIpc) is 1.97. The number of ketones is 2. The molecular weight excluding hydrogens is 172 g/mol. The topological polar surface area (TPSA) is 71.4 Å². The fraction of sp³-hybridized carbons (Fsp3) is 0.444. The third-order valence-corrected chi connectivity index (χ3v) is 1.65. The number of carbonyl (C=O) groups excluding carboxylic acids is 2. The van der Waals surface area contributed by atoms with E-state index in [1.165, 1.54) is 6.92 Å². The molecule has 0 aliphatic heterocycles. The number of Topliss-reactive ketones (excluding diaryl/α,β-unsaturated/α-hetero) is 2. The van der Waals surface area contributed by atoms with Crippen LogP contribution >= 0.6 is 0 Å². The van der Waals surface area contributed by atoms with Gasteiger partial charge in [0.15, 0.2) is 11.6 Å². The molecule has 4 heteroatoms. The van der Waals surface area contributed by atoms with Crippen molar-refractivity contribution in [3.05, 3.63) is 11.1 Å². The first-order valence-corrected chi connectivity index (χ1v) is 3.90. The molecule has 0 aromatic rings. The smallest absolute Gasteiger partial charge is 0.339 e. The number of carboxylic acids is 1. The van der Waals surface area contributed by atoms with Gasteiger partial charge in [-0.1, -0.05) is 6.92 Å². The van der Waals surface area contributed by atoms with Crippen LogP contribution in [0.3, 0.4) is 0 Å². The Kier molecular flexibility index (Phi) is 4.04. The van der Waals surface area contributed by atoms with Crippen LogP contribution in [-0.4, -0.2) is 22.6 Å². The Hall–Kier alpha value is -1.45. The van der Waals surface area contributed by atoms with E-state index in [0.717, 1.165) is 6.92 Å². The van der Waals surface area contributed by atoms with Crippen LogP contribution in [0, 0.1) is 0 Å². The van der Waals surface area contributed by atoms with Crippen molar-refractivity contribution in [2.75, 3.05) is 0 Å². The highest BCUT2D eigenvalue weighted by atomic mass is 16.4. The molecule has 0 amide bonds. The molecule has 0 atom stereocenters. The van der Waals surface area contributed by atoms with E-state index in [1.807, 2.05) is 0 Å². The molecule has 4 nitrogen and oxygen atoms in total. The lowest BCUT2D eigenvalue weighted by atomic mass is 10.00. The summed E-state index contributed by atoms with van der Waals surface area (Å²) in [6.07, 6.45) is 0.260. The Morgan fingerprint density at radius 1 is 1.08 bits per heavy atom. The van der Waals surface area contributed by atoms with Crippen molar-refractivity contribution in [2.45, 2.75) is 27.2 Å². The van der Waals surface area contributed by atoms with Gasteiger partial charge in [0.25, 0.3) is 0 Å². The van der Waals surface area contributed by atoms with Crippen molar-refractivity contribution in [1.29, 1.82) is 0 Å². The van der Waals surface area contributed by atoms with Gasteiger partial charge in [-0.3, -0.25) is 9.59 Å². The van der Waals surface area contributed by atoms with Crippen LogP contribution in [0.1, 0.15) is 27.2 Å². The lowest BCUT2D eigenvalue weighted by Crippen LogP contribution is -2.15. The number of carbonyl (C=O) groups is 3. The maximum absolute atomic E-state index is 11.0. The summed E-state index contributed by atoms with van der Waals surface area (Å²) >= 11 is 0. The Morgan fingerprint density at radius 3 is 1.62 bits per heavy atom. The van der Waals surface area contributed by atoms with E-state index in [4.69, 9.17) is 5.11 Å². The maximum atomic E-state index is 11.0. The SMILES string of the molecule is CC/C(C(C)=O)=C(\C(C)=O)C(=O)O. The molecule has 0 saturated carbocycles. The largest absolute Gasteiger partial charge is 0.478 e. The summed E-state index contributed by atoms with van der Waals surface area (Å²) in [6, 6.07) is 0. The summed E-state index contributed by atoms with van der Waals surface area (Å²) in [5.74, 6) is -2.28. The number of allylic oxidation sites excluding steroid dienone is 1. The van der Waals surface area contributed by atoms with Gasteiger partial charge < -0.3 is 5.11 Å². The van der Waals surface area contributed by atoms with Crippen LogP contribution in [0.15, 0.2) is 11.1 Å². The lowest BCUT2D eigenvalue weighted by molar-refractivity contribution is -0.134. The van der Waals surface area contributed by atoms with Crippen LogP contribution in [0.25, 0.3) is 0 Å². The molecule has 0 aromatic heterocycles. The van der Waals surface area contributed by atoms with E-state index in [9.17, 15) is 14.4 Å². The lowest BCUT2D eigenvalue weighted by Gasteiger charge is -2.03. The van der Waals surface area contributed by atoms with E-state index < -0.39 is 17.3 Å². The molecule has 0 aromatic carbocycles. The van der Waals surface area contributed by atoms with Gasteiger partial charge in [-0.15, -0.1) is 0 Å². The minimum atomic E-state index is -1.33. The number of hydrogen-bond acceptors (Lipinski definition) is 3. The van der Waals surface area contributed by atoms with Gasteiger partial charge in [0.2, 0.25) is 0 Å². The van der Waals surface area contributed by atoms with Crippen LogP contribution in [0.4, 0.5) is 0 Å². The molecular formula is C9H12O4. The fourth-order valence-corrected chi connectivity index (χ4v) is 1.09. The first kappa shape index (κ1) is 11.6. The monoisotopic (exact) mass is 184 g/mol. The quantitative estimate of drug-likeness (QED) is 0.401. The average molecular weight is 184 g/mol. The van der Waals surface area contributed by atoms with E-state index in [2.05, 4.69) is 0 Å². The van der Waals surface area contributed by atoms with Crippen molar-refractivity contribution in [3.63, 3.8) is 0 Å². The van der Waals surface area contributed by atoms with Crippen molar-refractivity contribution >= 4 is 17.5 Å². The normalized spacial score (nSPS) is 11.9. The highest BCUT2D eigenvalue weighted by molar-refractivity contribution is 6.20. The molecule has 0 aliphatic carbocycles. The van der Waals surface area contributed by atoms with Crippen LogP contribution < -0.4 is 0 Å². The zero-order valence-electron chi connectivity index (χ0n) is 7.88. The number of aliphatic carboxylic acids is 1. The van der Waals surface area contributed by atoms with Crippen molar-refractivity contribution in [3.8, 4) is 0 Å². The van der Waals surface area contributed by atoms with Crippen LogP contribution in [-0.2, 0) is 14.4 Å². The molecule has 13 heavy (non-hydrogen) atoms. The fourth-order valence-electron chi connectivity index (χ4n) is 1.09. The third kappa shape index (κ3) is 2.82. The minimum absolute atomic E-state index is 0.0833. The van der Waals surface area contributed by atoms with Gasteiger partial charge in [-0.05, 0) is 20.3 Å². The molecule has 0 bridgehead atoms. The van der Waals surface area contributed by atoms with Gasteiger partial charge >= 0.3 is 5.97 Å². The molecule has 0 radical (unpaired) electrons. The molecule has 0 spiro atoms. The van der Waals surface area contributed by atoms with Crippen LogP contribution in [0.5, 0.6) is 0 Å². The maximum Gasteiger partial charge on any atom is 0.339 e. The zero-order chi connectivity index (χ0) is 10.6. The van der Waals surface area contributed by atoms with Gasteiger partial charge in [0.1, 0.15) is 5.57 Å². The van der Waals surface area contributed by atoms with Crippen LogP contribution in [0.2, 0.25) is 0 Å². The Balaban J connectivity index is 5.40. The molecule has 0 aliphatic rings. The van der Waals surface area contributed by atoms with Gasteiger partial charge in [-0.2, -0.15) is 0 Å². The Labute approximate surface area is 76.2 Å². The summed E-state index contributed by atoms with van der Waals surface area (Å²) in [6.45, 7) is 4.04. The highest BCUT2D eigenvalue weighted by Crippen LogP contribution is 2.11. The van der Waals surface area contributed by atoms with Crippen molar-refractivity contribution in [1.82, 2.24) is 0 Å². The summed E-state index contributed by atoms with van der Waals surface area (Å²) in [5.41, 5.74) is -0.310. The zero-order valence-corrected chi connectivity index (χ0v) is 7.88. The molecule has 0 unspecified atom stereocenters. The minimum Gasteiger partial charge on any atom is -0.478 e. The molecule has 0 saturated heterocycles. The standard InChI is InChI=1S/C9H12O4/c1-4-7(5(2)10)8(6(3)11)9(12)13/h4H2,1-3H3,(H,12,13)/b8-7-. The molecule has 72 valence electrons. The molecule has 0 fully saturated rings. The van der Waals surface area contributed by atoms with E-state index in [1.54, 1.807) is 6.92 Å². The van der Waals surface area contributed by atoms with Crippen molar-refractivity contribution in [2.24, 2.45) is 0 Å². The predicted octanol–water partition coefficient (Wildman–Crippen LogP) is 0.956. The summed E-state index contributed by atoms with van der Waals surface area (Å²) in [7, 11) is 0. The van der Waals surface area contributed by atoms with E-state index in [-0.39, 0.29) is 17.8 Å². The molecule has 0 heterocycles. The van der Waals surface area contributed by atoms with Gasteiger partial charge in [0, 0.05) is 5.57 Å². The molecule has 1 N–H and O–H groups in total. The second kappa shape index (κ2) is 4.54. The van der Waals surface area contributed by atoms with Gasteiger partial charge in [-0.25, -0.2) is 4.79 Å². The van der Waals surface area contributed by atoms with Gasteiger partial charge in [0.05, 0.1) is 0 Å². The second-order valence-electron chi connectivity index (χ2n) is 2.62.